The van der Waals surface area contributed by atoms with Crippen molar-refractivity contribution in [1.82, 2.24) is 5.32 Å². The normalized spacial score (nSPS) is 12.2. The summed E-state index contributed by atoms with van der Waals surface area (Å²) >= 11 is 4.89. The fourth-order valence-corrected chi connectivity index (χ4v) is 2.63. The number of hydrogen-bond donors (Lipinski definition) is 2. The zero-order chi connectivity index (χ0) is 13.7. The molecule has 0 radical (unpaired) electrons. The lowest BCUT2D eigenvalue weighted by Crippen LogP contribution is -2.29. The van der Waals surface area contributed by atoms with Gasteiger partial charge in [-0.05, 0) is 46.0 Å². The second-order valence-electron chi connectivity index (χ2n) is 4.12. The molecule has 0 saturated heterocycles. The van der Waals surface area contributed by atoms with Crippen molar-refractivity contribution in [2.24, 2.45) is 5.92 Å². The van der Waals surface area contributed by atoms with Crippen molar-refractivity contribution in [3.63, 3.8) is 0 Å². The number of halogens is 2. The van der Waals surface area contributed by atoms with Gasteiger partial charge < -0.3 is 11.1 Å². The standard InChI is InChI=1S/C12H16BrFN2OS/c1-7(6-18-2)5-16-12(17)8-3-11(15)10(14)4-9(8)13/h3-4,7H,5-6,15H2,1-2H3,(H,16,17). The Bertz CT molecular complexity index is 442. The summed E-state index contributed by atoms with van der Waals surface area (Å²) in [6.07, 6.45) is 2.02. The van der Waals surface area contributed by atoms with E-state index in [9.17, 15) is 9.18 Å². The number of amides is 1. The molecule has 18 heavy (non-hydrogen) atoms. The molecule has 1 amide bonds. The summed E-state index contributed by atoms with van der Waals surface area (Å²) in [4.78, 5) is 11.9. The molecule has 3 nitrogen and oxygen atoms in total. The second-order valence-corrected chi connectivity index (χ2v) is 5.89. The van der Waals surface area contributed by atoms with Crippen LogP contribution in [0.2, 0.25) is 0 Å². The lowest BCUT2D eigenvalue weighted by atomic mass is 10.1. The first-order valence-electron chi connectivity index (χ1n) is 5.47. The maximum atomic E-state index is 13.1. The summed E-state index contributed by atoms with van der Waals surface area (Å²) in [5.74, 6) is 0.587. The molecule has 0 spiro atoms. The smallest absolute Gasteiger partial charge is 0.252 e. The molecule has 0 bridgehead atoms. The fourth-order valence-electron chi connectivity index (χ4n) is 1.45. The lowest BCUT2D eigenvalue weighted by Gasteiger charge is -2.12. The Labute approximate surface area is 119 Å². The number of hydrogen-bond acceptors (Lipinski definition) is 3. The van der Waals surface area contributed by atoms with Crippen LogP contribution in [0.15, 0.2) is 16.6 Å². The van der Waals surface area contributed by atoms with Crippen molar-refractivity contribution in [2.45, 2.75) is 6.92 Å². The van der Waals surface area contributed by atoms with Gasteiger partial charge in [-0.3, -0.25) is 4.79 Å². The van der Waals surface area contributed by atoms with Crippen LogP contribution in [0.25, 0.3) is 0 Å². The molecule has 0 aliphatic rings. The molecular weight excluding hydrogens is 319 g/mol. The molecule has 1 aromatic rings. The molecule has 0 aliphatic carbocycles. The SMILES string of the molecule is CSCC(C)CNC(=O)c1cc(N)c(F)cc1Br. The minimum absolute atomic E-state index is 0.0273. The lowest BCUT2D eigenvalue weighted by molar-refractivity contribution is 0.0948. The van der Waals surface area contributed by atoms with Gasteiger partial charge in [0.2, 0.25) is 0 Å². The van der Waals surface area contributed by atoms with Crippen LogP contribution in [0.1, 0.15) is 17.3 Å². The van der Waals surface area contributed by atoms with Gasteiger partial charge in [0.1, 0.15) is 5.82 Å². The molecule has 0 fully saturated rings. The second kappa shape index (κ2) is 6.99. The van der Waals surface area contributed by atoms with E-state index >= 15 is 0 Å². The Morgan fingerprint density at radius 1 is 1.61 bits per heavy atom. The minimum Gasteiger partial charge on any atom is -0.396 e. The Hall–Kier alpha value is -0.750. The fraction of sp³-hybridized carbons (Fsp3) is 0.417. The van der Waals surface area contributed by atoms with Crippen molar-refractivity contribution in [1.29, 1.82) is 0 Å². The molecule has 1 atom stereocenters. The van der Waals surface area contributed by atoms with Crippen LogP contribution >= 0.6 is 27.7 Å². The third-order valence-corrected chi connectivity index (χ3v) is 3.95. The van der Waals surface area contributed by atoms with E-state index in [1.165, 1.54) is 12.1 Å². The van der Waals surface area contributed by atoms with Gasteiger partial charge in [-0.15, -0.1) is 0 Å². The molecule has 1 unspecified atom stereocenters. The van der Waals surface area contributed by atoms with E-state index < -0.39 is 5.82 Å². The van der Waals surface area contributed by atoms with Gasteiger partial charge in [0.15, 0.2) is 0 Å². The van der Waals surface area contributed by atoms with Gasteiger partial charge in [-0.25, -0.2) is 4.39 Å². The summed E-state index contributed by atoms with van der Waals surface area (Å²) in [7, 11) is 0. The Balaban J connectivity index is 2.70. The maximum absolute atomic E-state index is 13.1. The predicted octanol–water partition coefficient (Wildman–Crippen LogP) is 2.90. The highest BCUT2D eigenvalue weighted by molar-refractivity contribution is 9.10. The molecule has 100 valence electrons. The van der Waals surface area contributed by atoms with Gasteiger partial charge in [0.25, 0.3) is 5.91 Å². The Morgan fingerprint density at radius 2 is 2.28 bits per heavy atom. The number of nitrogens with two attached hydrogens (primary N) is 1. The molecule has 3 N–H and O–H groups in total. The summed E-state index contributed by atoms with van der Waals surface area (Å²) in [5.41, 5.74) is 5.78. The van der Waals surface area contributed by atoms with E-state index in [4.69, 9.17) is 5.73 Å². The largest absolute Gasteiger partial charge is 0.396 e. The average Bonchev–Trinajstić information content (AvgIpc) is 2.31. The number of nitrogens with one attached hydrogen (secondary N) is 1. The highest BCUT2D eigenvalue weighted by Crippen LogP contribution is 2.22. The van der Waals surface area contributed by atoms with Gasteiger partial charge in [-0.2, -0.15) is 11.8 Å². The highest BCUT2D eigenvalue weighted by atomic mass is 79.9. The third-order valence-electron chi connectivity index (χ3n) is 2.39. The van der Waals surface area contributed by atoms with Crippen LogP contribution in [-0.2, 0) is 0 Å². The van der Waals surface area contributed by atoms with E-state index in [0.717, 1.165) is 5.75 Å². The van der Waals surface area contributed by atoms with E-state index in [0.29, 0.717) is 22.5 Å². The van der Waals surface area contributed by atoms with Crippen LogP contribution in [-0.4, -0.2) is 24.5 Å². The minimum atomic E-state index is -0.533. The van der Waals surface area contributed by atoms with E-state index in [-0.39, 0.29) is 11.6 Å². The molecule has 0 heterocycles. The molecule has 1 rings (SSSR count). The van der Waals surface area contributed by atoms with Crippen molar-refractivity contribution < 1.29 is 9.18 Å². The number of benzene rings is 1. The van der Waals surface area contributed by atoms with Gasteiger partial charge in [0.05, 0.1) is 11.3 Å². The van der Waals surface area contributed by atoms with Crippen molar-refractivity contribution in [3.05, 3.63) is 28.0 Å². The predicted molar refractivity (Wildman–Crippen MR) is 78.4 cm³/mol. The highest BCUT2D eigenvalue weighted by Gasteiger charge is 2.13. The van der Waals surface area contributed by atoms with Crippen LogP contribution in [0.4, 0.5) is 10.1 Å². The first-order valence-corrected chi connectivity index (χ1v) is 7.66. The molecule has 0 saturated carbocycles. The first-order chi connectivity index (χ1) is 8.45. The molecule has 0 aliphatic heterocycles. The van der Waals surface area contributed by atoms with Crippen molar-refractivity contribution >= 4 is 39.3 Å². The van der Waals surface area contributed by atoms with Crippen molar-refractivity contribution in [3.8, 4) is 0 Å². The van der Waals surface area contributed by atoms with E-state index in [1.54, 1.807) is 11.8 Å². The van der Waals surface area contributed by atoms with Gasteiger partial charge >= 0.3 is 0 Å². The van der Waals surface area contributed by atoms with Gasteiger partial charge in [-0.1, -0.05) is 6.92 Å². The van der Waals surface area contributed by atoms with Crippen LogP contribution in [0.3, 0.4) is 0 Å². The summed E-state index contributed by atoms with van der Waals surface area (Å²) in [6, 6.07) is 2.55. The molecule has 6 heteroatoms. The maximum Gasteiger partial charge on any atom is 0.252 e. The summed E-state index contributed by atoms with van der Waals surface area (Å²) in [5, 5.41) is 2.81. The number of anilines is 1. The number of thioether (sulfide) groups is 1. The zero-order valence-electron chi connectivity index (χ0n) is 10.3. The summed E-state index contributed by atoms with van der Waals surface area (Å²) in [6.45, 7) is 2.65. The topological polar surface area (TPSA) is 55.1 Å². The number of carbonyl (C=O) groups excluding carboxylic acids is 1. The van der Waals surface area contributed by atoms with Crippen molar-refractivity contribution in [2.75, 3.05) is 24.3 Å². The molecule has 1 aromatic carbocycles. The number of carbonyl (C=O) groups is 1. The zero-order valence-corrected chi connectivity index (χ0v) is 12.7. The van der Waals surface area contributed by atoms with Gasteiger partial charge in [0, 0.05) is 11.0 Å². The number of rotatable bonds is 5. The average molecular weight is 335 g/mol. The van der Waals surface area contributed by atoms with Crippen LogP contribution in [0, 0.1) is 11.7 Å². The first kappa shape index (κ1) is 15.3. The number of nitrogen functional groups attached to an aromatic ring is 1. The van der Waals surface area contributed by atoms with Crippen LogP contribution in [0.5, 0.6) is 0 Å². The van der Waals surface area contributed by atoms with E-state index in [2.05, 4.69) is 28.2 Å². The van der Waals surface area contributed by atoms with E-state index in [1.807, 2.05) is 6.26 Å². The Kier molecular flexibility index (Phi) is 5.95. The Morgan fingerprint density at radius 3 is 2.89 bits per heavy atom. The monoisotopic (exact) mass is 334 g/mol. The van der Waals surface area contributed by atoms with Crippen LogP contribution < -0.4 is 11.1 Å². The molecular formula is C12H16BrFN2OS. The summed E-state index contributed by atoms with van der Waals surface area (Å²) < 4.78 is 13.6. The quantitative estimate of drug-likeness (QED) is 0.814. The molecule has 0 aromatic heterocycles. The third kappa shape index (κ3) is 4.17.